The Morgan fingerprint density at radius 3 is 2.71 bits per heavy atom. The van der Waals surface area contributed by atoms with Crippen molar-refractivity contribution < 1.29 is 9.47 Å². The molecule has 0 bridgehead atoms. The van der Waals surface area contributed by atoms with E-state index in [0.717, 1.165) is 32.4 Å². The lowest BCUT2D eigenvalue weighted by Gasteiger charge is -2.26. The summed E-state index contributed by atoms with van der Waals surface area (Å²) in [6.45, 7) is 0. The molecular formula is C18H14BrN3O2. The lowest BCUT2D eigenvalue weighted by Crippen LogP contribution is -2.14. The van der Waals surface area contributed by atoms with Crippen molar-refractivity contribution in [2.24, 2.45) is 0 Å². The Morgan fingerprint density at radius 2 is 1.96 bits per heavy atom. The molecule has 0 aliphatic carbocycles. The Hall–Kier alpha value is -2.60. The van der Waals surface area contributed by atoms with Crippen LogP contribution in [0.3, 0.4) is 0 Å². The minimum atomic E-state index is 0.658. The quantitative estimate of drug-likeness (QED) is 0.664. The van der Waals surface area contributed by atoms with Crippen molar-refractivity contribution in [1.82, 2.24) is 9.97 Å². The van der Waals surface area contributed by atoms with Crippen molar-refractivity contribution in [2.75, 3.05) is 19.1 Å². The molecule has 4 rings (SSSR count). The second-order valence-electron chi connectivity index (χ2n) is 5.28. The van der Waals surface area contributed by atoms with Gasteiger partial charge in [0.05, 0.1) is 25.1 Å². The summed E-state index contributed by atoms with van der Waals surface area (Å²) in [7, 11) is 3.26. The molecule has 3 aromatic rings. The highest BCUT2D eigenvalue weighted by molar-refractivity contribution is 9.10. The van der Waals surface area contributed by atoms with Crippen LogP contribution in [-0.4, -0.2) is 24.2 Å². The molecule has 24 heavy (non-hydrogen) atoms. The van der Waals surface area contributed by atoms with E-state index in [0.29, 0.717) is 11.5 Å². The minimum Gasteiger partial charge on any atom is -0.493 e. The third-order valence-corrected chi connectivity index (χ3v) is 4.48. The van der Waals surface area contributed by atoms with Crippen molar-refractivity contribution in [3.8, 4) is 11.5 Å². The first kappa shape index (κ1) is 15.0. The van der Waals surface area contributed by atoms with Crippen molar-refractivity contribution in [3.05, 3.63) is 52.9 Å². The monoisotopic (exact) mass is 383 g/mol. The number of benzene rings is 2. The second kappa shape index (κ2) is 5.79. The molecule has 1 aliphatic rings. The van der Waals surface area contributed by atoms with E-state index in [-0.39, 0.29) is 0 Å². The molecule has 0 atom stereocenters. The topological polar surface area (TPSA) is 47.5 Å². The summed E-state index contributed by atoms with van der Waals surface area (Å²) in [6.07, 6.45) is 5.55. The largest absolute Gasteiger partial charge is 0.493 e. The molecule has 1 aromatic heterocycles. The van der Waals surface area contributed by atoms with Crippen LogP contribution in [0.2, 0.25) is 0 Å². The van der Waals surface area contributed by atoms with E-state index in [4.69, 9.17) is 9.47 Å². The van der Waals surface area contributed by atoms with Gasteiger partial charge in [0.2, 0.25) is 0 Å². The van der Waals surface area contributed by atoms with Gasteiger partial charge in [0.1, 0.15) is 12.1 Å². The molecule has 0 unspecified atom stereocenters. The van der Waals surface area contributed by atoms with Gasteiger partial charge in [0.25, 0.3) is 0 Å². The van der Waals surface area contributed by atoms with Crippen molar-refractivity contribution in [2.45, 2.75) is 0 Å². The standard InChI is InChI=1S/C18H14BrN3O2/c1-23-15-9-14-16-13(17(15)24-2)6-7-22(18(16)21-10-20-14)12-5-3-4-11(19)8-12/h3-10H,1-2H3. The molecule has 0 amide bonds. The molecule has 1 aliphatic heterocycles. The molecule has 0 saturated carbocycles. The van der Waals surface area contributed by atoms with Crippen LogP contribution in [0.15, 0.2) is 47.3 Å². The molecule has 2 heterocycles. The molecule has 6 heteroatoms. The molecule has 120 valence electrons. The first-order chi connectivity index (χ1) is 11.7. The fourth-order valence-electron chi connectivity index (χ4n) is 2.95. The number of rotatable bonds is 3. The SMILES string of the molecule is COc1cc2ncnc3c2c(c1OC)C=CN3c1cccc(Br)c1. The first-order valence-corrected chi connectivity index (χ1v) is 8.15. The van der Waals surface area contributed by atoms with Gasteiger partial charge in [-0.25, -0.2) is 9.97 Å². The van der Waals surface area contributed by atoms with Gasteiger partial charge in [-0.1, -0.05) is 22.0 Å². The fraction of sp³-hybridized carbons (Fsp3) is 0.111. The zero-order valence-corrected chi connectivity index (χ0v) is 14.7. The Kier molecular flexibility index (Phi) is 3.61. The zero-order valence-electron chi connectivity index (χ0n) is 13.2. The van der Waals surface area contributed by atoms with Gasteiger partial charge in [-0.3, -0.25) is 0 Å². The number of hydrogen-bond donors (Lipinski definition) is 0. The smallest absolute Gasteiger partial charge is 0.168 e. The Bertz CT molecular complexity index is 972. The maximum atomic E-state index is 5.56. The number of anilines is 2. The molecule has 0 N–H and O–H groups in total. The van der Waals surface area contributed by atoms with Crippen LogP contribution in [0.25, 0.3) is 17.0 Å². The Labute approximate surface area is 147 Å². The average Bonchev–Trinajstić information content (AvgIpc) is 2.61. The number of hydrogen-bond acceptors (Lipinski definition) is 5. The van der Waals surface area contributed by atoms with Crippen LogP contribution in [0, 0.1) is 0 Å². The average molecular weight is 384 g/mol. The summed E-state index contributed by atoms with van der Waals surface area (Å²) in [5, 5.41) is 0.942. The van der Waals surface area contributed by atoms with Crippen LogP contribution in [0.5, 0.6) is 11.5 Å². The summed E-state index contributed by atoms with van der Waals surface area (Å²) >= 11 is 3.52. The van der Waals surface area contributed by atoms with Gasteiger partial charge in [-0.15, -0.1) is 0 Å². The number of methoxy groups -OCH3 is 2. The van der Waals surface area contributed by atoms with Crippen molar-refractivity contribution in [1.29, 1.82) is 0 Å². The lowest BCUT2D eigenvalue weighted by molar-refractivity contribution is 0.355. The van der Waals surface area contributed by atoms with Gasteiger partial charge in [-0.2, -0.15) is 0 Å². The Balaban J connectivity index is 2.00. The maximum Gasteiger partial charge on any atom is 0.168 e. The number of halogens is 1. The number of aromatic nitrogens is 2. The van der Waals surface area contributed by atoms with Crippen LogP contribution in [0.1, 0.15) is 5.56 Å². The summed E-state index contributed by atoms with van der Waals surface area (Å²) in [6, 6.07) is 9.95. The lowest BCUT2D eigenvalue weighted by atomic mass is 10.0. The van der Waals surface area contributed by atoms with E-state index in [1.165, 1.54) is 0 Å². The van der Waals surface area contributed by atoms with E-state index in [1.54, 1.807) is 20.5 Å². The third kappa shape index (κ3) is 2.22. The van der Waals surface area contributed by atoms with E-state index in [1.807, 2.05) is 47.5 Å². The highest BCUT2D eigenvalue weighted by Gasteiger charge is 2.23. The summed E-state index contributed by atoms with van der Waals surface area (Å²) in [4.78, 5) is 10.9. The molecular weight excluding hydrogens is 370 g/mol. The van der Waals surface area contributed by atoms with E-state index in [2.05, 4.69) is 25.9 Å². The van der Waals surface area contributed by atoms with Gasteiger partial charge in [-0.05, 0) is 24.3 Å². The molecule has 0 saturated heterocycles. The highest BCUT2D eigenvalue weighted by atomic mass is 79.9. The molecule has 0 radical (unpaired) electrons. The van der Waals surface area contributed by atoms with Crippen LogP contribution in [0.4, 0.5) is 11.5 Å². The zero-order chi connectivity index (χ0) is 16.7. The normalized spacial score (nSPS) is 12.5. The summed E-state index contributed by atoms with van der Waals surface area (Å²) < 4.78 is 12.0. The van der Waals surface area contributed by atoms with E-state index in [9.17, 15) is 0 Å². The van der Waals surface area contributed by atoms with Gasteiger partial charge < -0.3 is 14.4 Å². The third-order valence-electron chi connectivity index (χ3n) is 3.99. The molecule has 5 nitrogen and oxygen atoms in total. The van der Waals surface area contributed by atoms with Crippen LogP contribution < -0.4 is 14.4 Å². The van der Waals surface area contributed by atoms with Gasteiger partial charge >= 0.3 is 0 Å². The summed E-state index contributed by atoms with van der Waals surface area (Å²) in [5.74, 6) is 2.16. The predicted molar refractivity (Wildman–Crippen MR) is 98.0 cm³/mol. The fourth-order valence-corrected chi connectivity index (χ4v) is 3.34. The number of nitrogens with zero attached hydrogens (tertiary/aromatic N) is 3. The number of ether oxygens (including phenoxy) is 2. The van der Waals surface area contributed by atoms with Crippen LogP contribution >= 0.6 is 15.9 Å². The van der Waals surface area contributed by atoms with Crippen molar-refractivity contribution in [3.63, 3.8) is 0 Å². The molecule has 0 spiro atoms. The maximum absolute atomic E-state index is 5.56. The van der Waals surface area contributed by atoms with Gasteiger partial charge in [0, 0.05) is 28.0 Å². The van der Waals surface area contributed by atoms with Crippen LogP contribution in [-0.2, 0) is 0 Å². The van der Waals surface area contributed by atoms with Crippen molar-refractivity contribution >= 4 is 44.4 Å². The molecule has 0 fully saturated rings. The first-order valence-electron chi connectivity index (χ1n) is 7.35. The summed E-state index contributed by atoms with van der Waals surface area (Å²) in [5.41, 5.74) is 2.76. The Morgan fingerprint density at radius 1 is 1.08 bits per heavy atom. The minimum absolute atomic E-state index is 0.658. The van der Waals surface area contributed by atoms with Gasteiger partial charge in [0.15, 0.2) is 11.5 Å². The molecule has 2 aromatic carbocycles. The predicted octanol–water partition coefficient (Wildman–Crippen LogP) is 4.53. The van der Waals surface area contributed by atoms with E-state index < -0.39 is 0 Å². The second-order valence-corrected chi connectivity index (χ2v) is 6.20. The highest BCUT2D eigenvalue weighted by Crippen LogP contribution is 2.44. The van der Waals surface area contributed by atoms with E-state index >= 15 is 0 Å².